The van der Waals surface area contributed by atoms with Crippen LogP contribution >= 0.6 is 0 Å². The molecule has 0 aliphatic heterocycles. The number of aryl methyl sites for hydroxylation is 2. The minimum absolute atomic E-state index is 0.155. The van der Waals surface area contributed by atoms with Crippen LogP contribution in [0.3, 0.4) is 0 Å². The molecule has 27 heavy (non-hydrogen) atoms. The second kappa shape index (κ2) is 8.35. The summed E-state index contributed by atoms with van der Waals surface area (Å²) in [6.07, 6.45) is 0.585. The molecule has 0 bridgehead atoms. The molecule has 1 aromatic heterocycles. The second-order valence-corrected chi connectivity index (χ2v) is 5.94. The first kappa shape index (κ1) is 18.4. The van der Waals surface area contributed by atoms with Crippen molar-refractivity contribution in [2.45, 2.75) is 19.8 Å². The number of anilines is 1. The summed E-state index contributed by atoms with van der Waals surface area (Å²) in [7, 11) is 3.11. The molecule has 1 amide bonds. The molecular weight excluding hydrogens is 346 g/mol. The highest BCUT2D eigenvalue weighted by Gasteiger charge is 2.13. The predicted octanol–water partition coefficient (Wildman–Crippen LogP) is 3.63. The SMILES string of the molecule is COc1ccc(NC(=O)CCc2nc(-c3ccccc3C)no2)cc1OC. The van der Waals surface area contributed by atoms with E-state index < -0.39 is 0 Å². The van der Waals surface area contributed by atoms with Crippen molar-refractivity contribution in [2.75, 3.05) is 19.5 Å². The highest BCUT2D eigenvalue weighted by Crippen LogP contribution is 2.29. The molecule has 140 valence electrons. The van der Waals surface area contributed by atoms with E-state index in [-0.39, 0.29) is 12.3 Å². The van der Waals surface area contributed by atoms with E-state index in [1.54, 1.807) is 32.4 Å². The number of carbonyl (C=O) groups excluding carboxylic acids is 1. The van der Waals surface area contributed by atoms with Gasteiger partial charge in [0, 0.05) is 30.2 Å². The van der Waals surface area contributed by atoms with Gasteiger partial charge in [-0.15, -0.1) is 0 Å². The summed E-state index contributed by atoms with van der Waals surface area (Å²) >= 11 is 0. The van der Waals surface area contributed by atoms with E-state index in [9.17, 15) is 4.79 Å². The number of hydrogen-bond acceptors (Lipinski definition) is 6. The van der Waals surface area contributed by atoms with Crippen LogP contribution in [0.2, 0.25) is 0 Å². The Balaban J connectivity index is 1.59. The zero-order valence-corrected chi connectivity index (χ0v) is 15.5. The van der Waals surface area contributed by atoms with Gasteiger partial charge in [0.25, 0.3) is 0 Å². The van der Waals surface area contributed by atoms with Gasteiger partial charge < -0.3 is 19.3 Å². The van der Waals surface area contributed by atoms with Gasteiger partial charge in [-0.25, -0.2) is 0 Å². The summed E-state index contributed by atoms with van der Waals surface area (Å²) in [5.74, 6) is 1.96. The van der Waals surface area contributed by atoms with Crippen molar-refractivity contribution in [2.24, 2.45) is 0 Å². The van der Waals surface area contributed by atoms with Crippen LogP contribution in [0.15, 0.2) is 47.0 Å². The lowest BCUT2D eigenvalue weighted by atomic mass is 10.1. The number of rotatable bonds is 7. The first-order valence-corrected chi connectivity index (χ1v) is 8.51. The Morgan fingerprint density at radius 3 is 2.63 bits per heavy atom. The van der Waals surface area contributed by atoms with Crippen LogP contribution in [-0.4, -0.2) is 30.3 Å². The Bertz CT molecular complexity index is 936. The molecule has 0 fully saturated rings. The Morgan fingerprint density at radius 2 is 1.89 bits per heavy atom. The summed E-state index contributed by atoms with van der Waals surface area (Å²) in [6.45, 7) is 1.99. The van der Waals surface area contributed by atoms with Gasteiger partial charge >= 0.3 is 0 Å². The topological polar surface area (TPSA) is 86.5 Å². The van der Waals surface area contributed by atoms with Gasteiger partial charge in [0.05, 0.1) is 14.2 Å². The zero-order chi connectivity index (χ0) is 19.2. The minimum atomic E-state index is -0.155. The van der Waals surface area contributed by atoms with E-state index in [0.29, 0.717) is 35.3 Å². The molecule has 1 N–H and O–H groups in total. The maximum Gasteiger partial charge on any atom is 0.227 e. The number of benzene rings is 2. The fourth-order valence-electron chi connectivity index (χ4n) is 2.65. The molecule has 3 aromatic rings. The normalized spacial score (nSPS) is 10.5. The largest absolute Gasteiger partial charge is 0.493 e. The molecule has 7 heteroatoms. The summed E-state index contributed by atoms with van der Waals surface area (Å²) in [5, 5.41) is 6.82. The predicted molar refractivity (Wildman–Crippen MR) is 101 cm³/mol. The molecule has 0 aliphatic rings. The van der Waals surface area contributed by atoms with Gasteiger partial charge in [-0.3, -0.25) is 4.79 Å². The van der Waals surface area contributed by atoms with Crippen LogP contribution in [0.1, 0.15) is 17.9 Å². The van der Waals surface area contributed by atoms with E-state index in [1.165, 1.54) is 0 Å². The number of ether oxygens (including phenoxy) is 2. The lowest BCUT2D eigenvalue weighted by molar-refractivity contribution is -0.116. The molecule has 0 radical (unpaired) electrons. The second-order valence-electron chi connectivity index (χ2n) is 5.94. The van der Waals surface area contributed by atoms with Crippen LogP contribution in [0, 0.1) is 6.92 Å². The van der Waals surface area contributed by atoms with Crippen LogP contribution in [-0.2, 0) is 11.2 Å². The number of hydrogen-bond donors (Lipinski definition) is 1. The fraction of sp³-hybridized carbons (Fsp3) is 0.250. The van der Waals surface area contributed by atoms with Gasteiger partial charge in [-0.05, 0) is 24.6 Å². The van der Waals surface area contributed by atoms with Crippen molar-refractivity contribution in [1.29, 1.82) is 0 Å². The molecular formula is C20H21N3O4. The quantitative estimate of drug-likeness (QED) is 0.686. The molecule has 7 nitrogen and oxygen atoms in total. The number of nitrogens with one attached hydrogen (secondary N) is 1. The summed E-state index contributed by atoms with van der Waals surface area (Å²) < 4.78 is 15.7. The Labute approximate surface area is 157 Å². The van der Waals surface area contributed by atoms with Crippen molar-refractivity contribution in [3.8, 4) is 22.9 Å². The standard InChI is InChI=1S/C20H21N3O4/c1-13-6-4-5-7-15(13)20-22-19(27-23-20)11-10-18(24)21-14-8-9-16(25-2)17(12-14)26-3/h4-9,12H,10-11H2,1-3H3,(H,21,24). The van der Waals surface area contributed by atoms with Crippen molar-refractivity contribution >= 4 is 11.6 Å². The first-order valence-electron chi connectivity index (χ1n) is 8.51. The van der Waals surface area contributed by atoms with Crippen LogP contribution in [0.5, 0.6) is 11.5 Å². The van der Waals surface area contributed by atoms with Gasteiger partial charge in [0.15, 0.2) is 11.5 Å². The monoisotopic (exact) mass is 367 g/mol. The summed E-state index contributed by atoms with van der Waals surface area (Å²) in [4.78, 5) is 16.6. The number of methoxy groups -OCH3 is 2. The first-order chi connectivity index (χ1) is 13.1. The third-order valence-corrected chi connectivity index (χ3v) is 4.09. The van der Waals surface area contributed by atoms with Crippen LogP contribution in [0.4, 0.5) is 5.69 Å². The third kappa shape index (κ3) is 4.44. The fourth-order valence-corrected chi connectivity index (χ4v) is 2.65. The van der Waals surface area contributed by atoms with Gasteiger partial charge in [-0.2, -0.15) is 4.98 Å². The summed E-state index contributed by atoms with van der Waals surface area (Å²) in [5.41, 5.74) is 2.61. The third-order valence-electron chi connectivity index (χ3n) is 4.09. The van der Waals surface area contributed by atoms with Gasteiger partial charge in [-0.1, -0.05) is 29.4 Å². The van der Waals surface area contributed by atoms with Crippen LogP contribution < -0.4 is 14.8 Å². The van der Waals surface area contributed by atoms with Gasteiger partial charge in [0.1, 0.15) is 0 Å². The number of nitrogens with zero attached hydrogens (tertiary/aromatic N) is 2. The van der Waals surface area contributed by atoms with E-state index >= 15 is 0 Å². The van der Waals surface area contributed by atoms with Gasteiger partial charge in [0.2, 0.25) is 17.6 Å². The maximum absolute atomic E-state index is 12.2. The zero-order valence-electron chi connectivity index (χ0n) is 15.5. The van der Waals surface area contributed by atoms with E-state index in [0.717, 1.165) is 11.1 Å². The van der Waals surface area contributed by atoms with Crippen LogP contribution in [0.25, 0.3) is 11.4 Å². The summed E-state index contributed by atoms with van der Waals surface area (Å²) in [6, 6.07) is 13.0. The molecule has 1 heterocycles. The minimum Gasteiger partial charge on any atom is -0.493 e. The number of carbonyl (C=O) groups is 1. The Morgan fingerprint density at radius 1 is 1.11 bits per heavy atom. The molecule has 0 saturated carbocycles. The average molecular weight is 367 g/mol. The van der Waals surface area contributed by atoms with Crippen molar-refractivity contribution < 1.29 is 18.8 Å². The Hall–Kier alpha value is -3.35. The molecule has 3 rings (SSSR count). The van der Waals surface area contributed by atoms with Crippen molar-refractivity contribution in [3.63, 3.8) is 0 Å². The van der Waals surface area contributed by atoms with E-state index in [2.05, 4.69) is 15.5 Å². The molecule has 2 aromatic carbocycles. The smallest absolute Gasteiger partial charge is 0.227 e. The number of aromatic nitrogens is 2. The Kier molecular flexibility index (Phi) is 5.71. The number of amides is 1. The van der Waals surface area contributed by atoms with E-state index in [4.69, 9.17) is 14.0 Å². The highest BCUT2D eigenvalue weighted by molar-refractivity contribution is 5.91. The molecule has 0 unspecified atom stereocenters. The lowest BCUT2D eigenvalue weighted by Gasteiger charge is -2.10. The highest BCUT2D eigenvalue weighted by atomic mass is 16.5. The molecule has 0 aliphatic carbocycles. The maximum atomic E-state index is 12.2. The molecule has 0 atom stereocenters. The van der Waals surface area contributed by atoms with E-state index in [1.807, 2.05) is 31.2 Å². The molecule has 0 saturated heterocycles. The van der Waals surface area contributed by atoms with Crippen molar-refractivity contribution in [1.82, 2.24) is 10.1 Å². The van der Waals surface area contributed by atoms with Crippen molar-refractivity contribution in [3.05, 3.63) is 53.9 Å². The average Bonchev–Trinajstić information content (AvgIpc) is 3.15. The lowest BCUT2D eigenvalue weighted by Crippen LogP contribution is -2.12. The molecule has 0 spiro atoms.